The molecular weight excluding hydrogens is 448 g/mol. The van der Waals surface area contributed by atoms with Crippen molar-refractivity contribution in [3.05, 3.63) is 47.7 Å². The highest BCUT2D eigenvalue weighted by atomic mass is 32.2. The molecule has 0 fully saturated rings. The van der Waals surface area contributed by atoms with Crippen molar-refractivity contribution in [1.29, 1.82) is 0 Å². The molecule has 33 heavy (non-hydrogen) atoms. The minimum Gasteiger partial charge on any atom is -0.493 e. The lowest BCUT2D eigenvalue weighted by Crippen LogP contribution is -2.18. The molecule has 10 heteroatoms. The molecule has 1 heterocycles. The van der Waals surface area contributed by atoms with E-state index < -0.39 is 15.7 Å². The molecule has 2 aromatic carbocycles. The first-order valence-electron chi connectivity index (χ1n) is 10.1. The topological polar surface area (TPSA) is 117 Å². The van der Waals surface area contributed by atoms with E-state index in [9.17, 15) is 13.2 Å². The van der Waals surface area contributed by atoms with Gasteiger partial charge < -0.3 is 24.1 Å². The lowest BCUT2D eigenvalue weighted by molar-refractivity contribution is -0.115. The molecule has 0 atom stereocenters. The molecule has 0 aliphatic heterocycles. The maximum Gasteiger partial charge on any atom is 0.225 e. The Morgan fingerprint density at radius 3 is 2.21 bits per heavy atom. The molecule has 0 saturated carbocycles. The van der Waals surface area contributed by atoms with Gasteiger partial charge in [-0.3, -0.25) is 4.79 Å². The van der Waals surface area contributed by atoms with Gasteiger partial charge in [0.05, 0.1) is 37.7 Å². The Balaban J connectivity index is 1.75. The van der Waals surface area contributed by atoms with Crippen LogP contribution >= 0.6 is 0 Å². The highest BCUT2D eigenvalue weighted by Gasteiger charge is 2.21. The number of ether oxygens (including phenoxy) is 3. The minimum atomic E-state index is -3.73. The van der Waals surface area contributed by atoms with Crippen LogP contribution in [0.3, 0.4) is 0 Å². The minimum absolute atomic E-state index is 0.148. The van der Waals surface area contributed by atoms with Gasteiger partial charge in [-0.25, -0.2) is 8.42 Å². The fourth-order valence-corrected chi connectivity index (χ4v) is 4.84. The third-order valence-electron chi connectivity index (χ3n) is 4.98. The maximum atomic E-state index is 13.0. The van der Waals surface area contributed by atoms with E-state index in [0.29, 0.717) is 45.5 Å². The molecule has 3 aromatic rings. The van der Waals surface area contributed by atoms with Gasteiger partial charge in [0.25, 0.3) is 0 Å². The summed E-state index contributed by atoms with van der Waals surface area (Å²) in [4.78, 5) is 12.7. The van der Waals surface area contributed by atoms with E-state index in [0.717, 1.165) is 0 Å². The average molecular weight is 475 g/mol. The van der Waals surface area contributed by atoms with Gasteiger partial charge in [-0.15, -0.1) is 0 Å². The molecule has 0 spiro atoms. The molecule has 1 amide bonds. The summed E-state index contributed by atoms with van der Waals surface area (Å²) >= 11 is 0. The second kappa shape index (κ2) is 9.95. The van der Waals surface area contributed by atoms with Crippen molar-refractivity contribution in [2.45, 2.75) is 25.2 Å². The number of amides is 1. The van der Waals surface area contributed by atoms with Crippen molar-refractivity contribution < 1.29 is 31.9 Å². The van der Waals surface area contributed by atoms with Crippen molar-refractivity contribution in [2.75, 3.05) is 32.4 Å². The van der Waals surface area contributed by atoms with Gasteiger partial charge in [-0.05, 0) is 25.5 Å². The summed E-state index contributed by atoms with van der Waals surface area (Å²) in [5, 5.41) is 6.52. The lowest BCUT2D eigenvalue weighted by atomic mass is 10.1. The van der Waals surface area contributed by atoms with Crippen LogP contribution in [0.25, 0.3) is 11.3 Å². The lowest BCUT2D eigenvalue weighted by Gasteiger charge is -2.14. The molecule has 0 unspecified atom stereocenters. The average Bonchev–Trinajstić information content (AvgIpc) is 3.23. The molecule has 1 aromatic heterocycles. The number of carbonyl (C=O) groups is 1. The number of nitrogens with one attached hydrogen (secondary N) is 1. The number of methoxy groups -OCH3 is 3. The van der Waals surface area contributed by atoms with Crippen LogP contribution in [-0.2, 0) is 14.6 Å². The van der Waals surface area contributed by atoms with Crippen LogP contribution in [0, 0.1) is 13.8 Å². The van der Waals surface area contributed by atoms with E-state index in [4.69, 9.17) is 18.7 Å². The first-order valence-corrected chi connectivity index (χ1v) is 11.7. The number of aromatic nitrogens is 1. The van der Waals surface area contributed by atoms with Gasteiger partial charge >= 0.3 is 0 Å². The number of aryl methyl sites for hydroxylation is 2. The molecular formula is C23H26N2O7S. The zero-order valence-electron chi connectivity index (χ0n) is 19.1. The molecule has 0 radical (unpaired) electrons. The number of hydrogen-bond donors (Lipinski definition) is 1. The number of benzene rings is 2. The Morgan fingerprint density at radius 1 is 1.00 bits per heavy atom. The van der Waals surface area contributed by atoms with Crippen LogP contribution < -0.4 is 19.5 Å². The van der Waals surface area contributed by atoms with Crippen molar-refractivity contribution in [3.63, 3.8) is 0 Å². The van der Waals surface area contributed by atoms with Gasteiger partial charge in [-0.1, -0.05) is 17.3 Å². The maximum absolute atomic E-state index is 13.0. The van der Waals surface area contributed by atoms with E-state index in [2.05, 4.69) is 10.5 Å². The zero-order valence-corrected chi connectivity index (χ0v) is 19.9. The second-order valence-electron chi connectivity index (χ2n) is 7.34. The van der Waals surface area contributed by atoms with Crippen LogP contribution in [0.5, 0.6) is 17.2 Å². The number of rotatable bonds is 9. The van der Waals surface area contributed by atoms with Crippen LogP contribution in [0.4, 0.5) is 5.69 Å². The smallest absolute Gasteiger partial charge is 0.225 e. The van der Waals surface area contributed by atoms with Crippen LogP contribution in [0.15, 0.2) is 45.8 Å². The Morgan fingerprint density at radius 2 is 1.67 bits per heavy atom. The van der Waals surface area contributed by atoms with Crippen molar-refractivity contribution in [2.24, 2.45) is 0 Å². The largest absolute Gasteiger partial charge is 0.493 e. The highest BCUT2D eigenvalue weighted by Crippen LogP contribution is 2.40. The Hall–Kier alpha value is -3.53. The molecule has 0 saturated heterocycles. The number of sulfone groups is 1. The summed E-state index contributed by atoms with van der Waals surface area (Å²) < 4.78 is 47.0. The quantitative estimate of drug-likeness (QED) is 0.498. The predicted octanol–water partition coefficient (Wildman–Crippen LogP) is 3.79. The van der Waals surface area contributed by atoms with E-state index in [-0.39, 0.29) is 17.1 Å². The summed E-state index contributed by atoms with van der Waals surface area (Å²) in [6, 6.07) is 9.89. The van der Waals surface area contributed by atoms with E-state index in [1.165, 1.54) is 21.3 Å². The van der Waals surface area contributed by atoms with Crippen molar-refractivity contribution in [3.8, 4) is 28.6 Å². The SMILES string of the molecule is COc1cc(NC(=O)CCS(=O)(=O)c2cc(-c3cc(C)no3)ccc2C)cc(OC)c1OC. The molecule has 0 aliphatic carbocycles. The number of nitrogens with zero attached hydrogens (tertiary/aromatic N) is 1. The van der Waals surface area contributed by atoms with Gasteiger partial charge in [0, 0.05) is 35.9 Å². The molecule has 1 N–H and O–H groups in total. The van der Waals surface area contributed by atoms with Crippen LogP contribution in [-0.4, -0.2) is 46.6 Å². The van der Waals surface area contributed by atoms with Crippen LogP contribution in [0.1, 0.15) is 17.7 Å². The monoisotopic (exact) mass is 474 g/mol. The molecule has 9 nitrogen and oxygen atoms in total. The van der Waals surface area contributed by atoms with Gasteiger partial charge in [-0.2, -0.15) is 0 Å². The summed E-state index contributed by atoms with van der Waals surface area (Å²) in [6.07, 6.45) is -0.232. The highest BCUT2D eigenvalue weighted by molar-refractivity contribution is 7.91. The number of carbonyl (C=O) groups excluding carboxylic acids is 1. The standard InChI is InChI=1S/C23H26N2O7S/c1-14-6-7-16(18-10-15(2)25-32-18)11-21(14)33(27,28)9-8-22(26)24-17-12-19(29-3)23(31-5)20(13-17)30-4/h6-7,10-13H,8-9H2,1-5H3,(H,24,26). The predicted molar refractivity (Wildman–Crippen MR) is 123 cm³/mol. The van der Waals surface area contributed by atoms with E-state index in [1.54, 1.807) is 50.2 Å². The van der Waals surface area contributed by atoms with Crippen molar-refractivity contribution >= 4 is 21.4 Å². The number of hydrogen-bond acceptors (Lipinski definition) is 8. The fourth-order valence-electron chi connectivity index (χ4n) is 3.30. The van der Waals surface area contributed by atoms with Gasteiger partial charge in [0.1, 0.15) is 0 Å². The van der Waals surface area contributed by atoms with Crippen molar-refractivity contribution in [1.82, 2.24) is 5.16 Å². The summed E-state index contributed by atoms with van der Waals surface area (Å²) in [5.74, 6) is 0.780. The van der Waals surface area contributed by atoms with E-state index >= 15 is 0 Å². The van der Waals surface area contributed by atoms with Gasteiger partial charge in [0.15, 0.2) is 27.1 Å². The second-order valence-corrected chi connectivity index (χ2v) is 9.42. The summed E-state index contributed by atoms with van der Waals surface area (Å²) in [5.41, 5.74) is 2.27. The van der Waals surface area contributed by atoms with Gasteiger partial charge in [0.2, 0.25) is 11.7 Å². The zero-order chi connectivity index (χ0) is 24.2. The Labute approximate surface area is 192 Å². The fraction of sp³-hybridized carbons (Fsp3) is 0.304. The molecule has 0 bridgehead atoms. The summed E-state index contributed by atoms with van der Waals surface area (Å²) in [7, 11) is 0.674. The summed E-state index contributed by atoms with van der Waals surface area (Å²) in [6.45, 7) is 3.49. The third-order valence-corrected chi connectivity index (χ3v) is 6.83. The normalized spacial score (nSPS) is 11.2. The first kappa shape index (κ1) is 24.1. The molecule has 176 valence electrons. The first-order chi connectivity index (χ1) is 15.7. The molecule has 3 rings (SSSR count). The Kier molecular flexibility index (Phi) is 7.27. The Bertz CT molecular complexity index is 1240. The molecule has 0 aliphatic rings. The van der Waals surface area contributed by atoms with Crippen LogP contribution in [0.2, 0.25) is 0 Å². The number of anilines is 1. The third kappa shape index (κ3) is 5.46. The van der Waals surface area contributed by atoms with E-state index in [1.807, 2.05) is 0 Å².